The Morgan fingerprint density at radius 1 is 1.10 bits per heavy atom. The summed E-state index contributed by atoms with van der Waals surface area (Å²) in [5.74, 6) is 0.180. The average molecular weight is 299 g/mol. The van der Waals surface area contributed by atoms with Gasteiger partial charge in [0.05, 0.1) is 11.4 Å². The topological polar surface area (TPSA) is 38.0 Å². The first-order chi connectivity index (χ1) is 10.2. The van der Waals surface area contributed by atoms with E-state index in [0.29, 0.717) is 10.6 Å². The molecule has 0 fully saturated rings. The molecular formula is C17H15ClN2O. The highest BCUT2D eigenvalue weighted by atomic mass is 35.5. The molecule has 0 saturated heterocycles. The predicted molar refractivity (Wildman–Crippen MR) is 85.4 cm³/mol. The van der Waals surface area contributed by atoms with Crippen LogP contribution < -0.4 is 0 Å². The van der Waals surface area contributed by atoms with Crippen LogP contribution in [-0.4, -0.2) is 14.9 Å². The van der Waals surface area contributed by atoms with E-state index in [4.69, 9.17) is 11.6 Å². The highest BCUT2D eigenvalue weighted by Gasteiger charge is 2.13. The van der Waals surface area contributed by atoms with Crippen molar-refractivity contribution in [3.05, 3.63) is 59.6 Å². The van der Waals surface area contributed by atoms with Crippen molar-refractivity contribution >= 4 is 11.6 Å². The zero-order valence-corrected chi connectivity index (χ0v) is 12.4. The molecule has 0 spiro atoms. The van der Waals surface area contributed by atoms with Gasteiger partial charge in [-0.3, -0.25) is 4.68 Å². The number of benzene rings is 2. The Bertz CT molecular complexity index is 766. The van der Waals surface area contributed by atoms with E-state index in [9.17, 15) is 5.11 Å². The number of nitrogens with zero attached hydrogens (tertiary/aromatic N) is 2. The Morgan fingerprint density at radius 2 is 1.86 bits per heavy atom. The van der Waals surface area contributed by atoms with Crippen LogP contribution in [0.4, 0.5) is 0 Å². The summed E-state index contributed by atoms with van der Waals surface area (Å²) in [6.07, 6.45) is 0. The molecule has 0 radical (unpaired) electrons. The number of halogens is 1. The number of phenolic OH excluding ortho intramolecular Hbond substituents is 1. The maximum atomic E-state index is 10.0. The molecule has 1 heterocycles. The molecule has 4 heteroatoms. The summed E-state index contributed by atoms with van der Waals surface area (Å²) in [5, 5.41) is 15.2. The number of hydrogen-bond acceptors (Lipinski definition) is 2. The summed E-state index contributed by atoms with van der Waals surface area (Å²) >= 11 is 6.02. The molecule has 0 saturated carbocycles. The van der Waals surface area contributed by atoms with Gasteiger partial charge in [0.25, 0.3) is 0 Å². The lowest BCUT2D eigenvalue weighted by atomic mass is 10.1. The molecule has 1 N–H and O–H groups in total. The van der Waals surface area contributed by atoms with Crippen molar-refractivity contribution in [2.45, 2.75) is 13.5 Å². The molecular weight excluding hydrogens is 284 g/mol. The first-order valence-corrected chi connectivity index (χ1v) is 7.19. The van der Waals surface area contributed by atoms with E-state index < -0.39 is 0 Å². The SMILES string of the molecule is CCn1nc(-c2cc(Cl)ccc2O)cc1-c1ccccc1. The molecule has 3 aromatic rings. The van der Waals surface area contributed by atoms with Gasteiger partial charge in [0.15, 0.2) is 0 Å². The molecule has 0 aliphatic rings. The van der Waals surface area contributed by atoms with E-state index in [2.05, 4.69) is 5.10 Å². The highest BCUT2D eigenvalue weighted by molar-refractivity contribution is 6.30. The normalized spacial score (nSPS) is 10.8. The van der Waals surface area contributed by atoms with Crippen molar-refractivity contribution < 1.29 is 5.11 Å². The van der Waals surface area contributed by atoms with Gasteiger partial charge in [0.1, 0.15) is 5.75 Å². The van der Waals surface area contributed by atoms with Crippen molar-refractivity contribution in [2.75, 3.05) is 0 Å². The molecule has 0 aliphatic heterocycles. The summed E-state index contributed by atoms with van der Waals surface area (Å²) in [7, 11) is 0. The van der Waals surface area contributed by atoms with Crippen LogP contribution in [0.3, 0.4) is 0 Å². The van der Waals surface area contributed by atoms with Gasteiger partial charge in [-0.15, -0.1) is 0 Å². The second-order valence-electron chi connectivity index (χ2n) is 4.76. The standard InChI is InChI=1S/C17H15ClN2O/c1-2-20-16(12-6-4-3-5-7-12)11-15(19-20)14-10-13(18)8-9-17(14)21/h3-11,21H,2H2,1H3. The van der Waals surface area contributed by atoms with E-state index in [1.165, 1.54) is 0 Å². The Hall–Kier alpha value is -2.26. The molecule has 0 aliphatic carbocycles. The minimum absolute atomic E-state index is 0.180. The van der Waals surface area contributed by atoms with Crippen LogP contribution in [0.5, 0.6) is 5.75 Å². The molecule has 2 aromatic carbocycles. The number of aromatic nitrogens is 2. The largest absolute Gasteiger partial charge is 0.507 e. The number of aromatic hydroxyl groups is 1. The Balaban J connectivity index is 2.14. The van der Waals surface area contributed by atoms with E-state index in [1.807, 2.05) is 48.0 Å². The average Bonchev–Trinajstić information content (AvgIpc) is 2.94. The van der Waals surface area contributed by atoms with E-state index >= 15 is 0 Å². The minimum Gasteiger partial charge on any atom is -0.507 e. The van der Waals surface area contributed by atoms with Crippen LogP contribution in [0.15, 0.2) is 54.6 Å². The first-order valence-electron chi connectivity index (χ1n) is 6.81. The van der Waals surface area contributed by atoms with Gasteiger partial charge in [0, 0.05) is 17.1 Å². The van der Waals surface area contributed by atoms with E-state index in [1.54, 1.807) is 18.2 Å². The van der Waals surface area contributed by atoms with E-state index in [0.717, 1.165) is 23.5 Å². The summed E-state index contributed by atoms with van der Waals surface area (Å²) in [4.78, 5) is 0. The van der Waals surface area contributed by atoms with Crippen LogP contribution in [0, 0.1) is 0 Å². The fraction of sp³-hybridized carbons (Fsp3) is 0.118. The number of aryl methyl sites for hydroxylation is 1. The Labute approximate surface area is 128 Å². The van der Waals surface area contributed by atoms with Crippen molar-refractivity contribution in [3.63, 3.8) is 0 Å². The van der Waals surface area contributed by atoms with E-state index in [-0.39, 0.29) is 5.75 Å². The third-order valence-corrected chi connectivity index (χ3v) is 3.62. The maximum Gasteiger partial charge on any atom is 0.125 e. The van der Waals surface area contributed by atoms with Gasteiger partial charge < -0.3 is 5.11 Å². The zero-order valence-electron chi connectivity index (χ0n) is 11.6. The second-order valence-corrected chi connectivity index (χ2v) is 5.19. The zero-order chi connectivity index (χ0) is 14.8. The third kappa shape index (κ3) is 2.65. The van der Waals surface area contributed by atoms with Gasteiger partial charge in [-0.05, 0) is 36.8 Å². The van der Waals surface area contributed by atoms with Crippen LogP contribution in [0.25, 0.3) is 22.5 Å². The fourth-order valence-corrected chi connectivity index (χ4v) is 2.52. The lowest BCUT2D eigenvalue weighted by Crippen LogP contribution is -1.99. The summed E-state index contributed by atoms with van der Waals surface area (Å²) in [6, 6.07) is 17.0. The molecule has 21 heavy (non-hydrogen) atoms. The number of hydrogen-bond donors (Lipinski definition) is 1. The van der Waals surface area contributed by atoms with Gasteiger partial charge in [-0.2, -0.15) is 5.10 Å². The maximum absolute atomic E-state index is 10.0. The monoisotopic (exact) mass is 298 g/mol. The quantitative estimate of drug-likeness (QED) is 0.767. The lowest BCUT2D eigenvalue weighted by molar-refractivity contribution is 0.477. The fourth-order valence-electron chi connectivity index (χ4n) is 2.34. The van der Waals surface area contributed by atoms with Crippen molar-refractivity contribution in [2.24, 2.45) is 0 Å². The molecule has 3 rings (SSSR count). The number of rotatable bonds is 3. The highest BCUT2D eigenvalue weighted by Crippen LogP contribution is 2.33. The lowest BCUT2D eigenvalue weighted by Gasteiger charge is -2.03. The molecule has 106 valence electrons. The Morgan fingerprint density at radius 3 is 2.57 bits per heavy atom. The molecule has 1 aromatic heterocycles. The first kappa shape index (κ1) is 13.7. The summed E-state index contributed by atoms with van der Waals surface area (Å²) < 4.78 is 1.92. The molecule has 3 nitrogen and oxygen atoms in total. The molecule has 0 atom stereocenters. The summed E-state index contributed by atoms with van der Waals surface area (Å²) in [6.45, 7) is 2.80. The van der Waals surface area contributed by atoms with Crippen molar-refractivity contribution in [1.29, 1.82) is 0 Å². The van der Waals surface area contributed by atoms with Gasteiger partial charge in [-0.25, -0.2) is 0 Å². The van der Waals surface area contributed by atoms with Gasteiger partial charge in [-0.1, -0.05) is 41.9 Å². The number of phenols is 1. The van der Waals surface area contributed by atoms with Crippen molar-refractivity contribution in [3.8, 4) is 28.3 Å². The van der Waals surface area contributed by atoms with Crippen LogP contribution in [-0.2, 0) is 6.54 Å². The van der Waals surface area contributed by atoms with Crippen LogP contribution >= 0.6 is 11.6 Å². The third-order valence-electron chi connectivity index (χ3n) is 3.38. The molecule has 0 bridgehead atoms. The molecule has 0 unspecified atom stereocenters. The van der Waals surface area contributed by atoms with Crippen LogP contribution in [0.1, 0.15) is 6.92 Å². The van der Waals surface area contributed by atoms with Gasteiger partial charge in [0.2, 0.25) is 0 Å². The minimum atomic E-state index is 0.180. The smallest absolute Gasteiger partial charge is 0.125 e. The van der Waals surface area contributed by atoms with Crippen molar-refractivity contribution in [1.82, 2.24) is 9.78 Å². The molecule has 0 amide bonds. The van der Waals surface area contributed by atoms with Gasteiger partial charge >= 0.3 is 0 Å². The predicted octanol–water partition coefficient (Wildman–Crippen LogP) is 4.60. The Kier molecular flexibility index (Phi) is 3.67. The second kappa shape index (κ2) is 5.62. The van der Waals surface area contributed by atoms with Crippen LogP contribution in [0.2, 0.25) is 5.02 Å². The summed E-state index contributed by atoms with van der Waals surface area (Å²) in [5.41, 5.74) is 3.48.